The third-order valence-corrected chi connectivity index (χ3v) is 2.74. The first-order valence-corrected chi connectivity index (χ1v) is 5.23. The molecule has 0 radical (unpaired) electrons. The van der Waals surface area contributed by atoms with Gasteiger partial charge in [0.15, 0.2) is 0 Å². The smallest absolute Gasteiger partial charge is 0.123 e. The van der Waals surface area contributed by atoms with Gasteiger partial charge in [0, 0.05) is 10.4 Å². The van der Waals surface area contributed by atoms with Crippen LogP contribution in [0.3, 0.4) is 0 Å². The van der Waals surface area contributed by atoms with Crippen LogP contribution in [0.25, 0.3) is 0 Å². The highest BCUT2D eigenvalue weighted by atomic mass is 79.9. The molecule has 0 aromatic heterocycles. The number of aliphatic hydroxyl groups excluding tert-OH is 1. The number of hydrogen-bond donors (Lipinski definition) is 2. The van der Waals surface area contributed by atoms with Crippen molar-refractivity contribution in [2.24, 2.45) is 0 Å². The summed E-state index contributed by atoms with van der Waals surface area (Å²) in [6.07, 6.45) is -0.0705. The predicted molar refractivity (Wildman–Crippen MR) is 56.0 cm³/mol. The fourth-order valence-electron chi connectivity index (χ4n) is 1.20. The molecule has 0 aliphatic rings. The van der Waals surface area contributed by atoms with Crippen molar-refractivity contribution in [3.05, 3.63) is 29.6 Å². The van der Waals surface area contributed by atoms with Crippen LogP contribution in [0.5, 0.6) is 5.75 Å². The number of aliphatic hydroxyl groups is 1. The molecule has 0 saturated heterocycles. The van der Waals surface area contributed by atoms with Crippen molar-refractivity contribution in [1.29, 1.82) is 0 Å². The fraction of sp³-hybridized carbons (Fsp3) is 0.400. The molecule has 78 valence electrons. The quantitative estimate of drug-likeness (QED) is 0.823. The normalized spacial score (nSPS) is 15.1. The van der Waals surface area contributed by atoms with Crippen LogP contribution in [-0.4, -0.2) is 16.3 Å². The summed E-state index contributed by atoms with van der Waals surface area (Å²) in [6, 6.07) is 3.76. The van der Waals surface area contributed by atoms with Gasteiger partial charge in [-0.05, 0) is 31.5 Å². The van der Waals surface area contributed by atoms with Gasteiger partial charge in [0.25, 0.3) is 0 Å². The fourth-order valence-corrected chi connectivity index (χ4v) is 2.11. The summed E-state index contributed by atoms with van der Waals surface area (Å²) in [5, 5.41) is 18.6. The molecule has 0 spiro atoms. The lowest BCUT2D eigenvalue weighted by atomic mass is 10.1. The van der Waals surface area contributed by atoms with Gasteiger partial charge in [0.1, 0.15) is 11.6 Å². The SMILES string of the molecule is CC(O)CC(Br)c1cc(F)ccc1O. The Morgan fingerprint density at radius 2 is 2.14 bits per heavy atom. The van der Waals surface area contributed by atoms with Crippen molar-refractivity contribution in [2.75, 3.05) is 0 Å². The molecule has 1 aromatic carbocycles. The summed E-state index contributed by atoms with van der Waals surface area (Å²) < 4.78 is 12.9. The minimum absolute atomic E-state index is 0.0360. The summed E-state index contributed by atoms with van der Waals surface area (Å²) >= 11 is 3.28. The highest BCUT2D eigenvalue weighted by Crippen LogP contribution is 2.34. The maximum absolute atomic E-state index is 12.9. The molecule has 4 heteroatoms. The zero-order chi connectivity index (χ0) is 10.7. The van der Waals surface area contributed by atoms with Gasteiger partial charge in [-0.2, -0.15) is 0 Å². The Morgan fingerprint density at radius 3 is 2.71 bits per heavy atom. The van der Waals surface area contributed by atoms with Gasteiger partial charge in [-0.1, -0.05) is 15.9 Å². The van der Waals surface area contributed by atoms with Gasteiger partial charge in [-0.3, -0.25) is 0 Å². The number of phenolic OH excluding ortho intramolecular Hbond substituents is 1. The largest absolute Gasteiger partial charge is 0.508 e. The first-order valence-electron chi connectivity index (χ1n) is 4.31. The average Bonchev–Trinajstić information content (AvgIpc) is 2.08. The van der Waals surface area contributed by atoms with Gasteiger partial charge in [0.2, 0.25) is 0 Å². The van der Waals surface area contributed by atoms with Crippen LogP contribution >= 0.6 is 15.9 Å². The average molecular weight is 263 g/mol. The molecule has 0 fully saturated rings. The highest BCUT2D eigenvalue weighted by molar-refractivity contribution is 9.09. The summed E-state index contributed by atoms with van der Waals surface area (Å²) in [5.41, 5.74) is 0.464. The lowest BCUT2D eigenvalue weighted by Gasteiger charge is -2.13. The number of halogens is 2. The van der Waals surface area contributed by atoms with Gasteiger partial charge in [-0.15, -0.1) is 0 Å². The predicted octanol–water partition coefficient (Wildman–Crippen LogP) is 2.74. The minimum Gasteiger partial charge on any atom is -0.508 e. The van der Waals surface area contributed by atoms with E-state index in [1.807, 2.05) is 0 Å². The topological polar surface area (TPSA) is 40.5 Å². The first-order chi connectivity index (χ1) is 6.50. The van der Waals surface area contributed by atoms with Crippen LogP contribution in [0.2, 0.25) is 0 Å². The number of phenols is 1. The van der Waals surface area contributed by atoms with Crippen LogP contribution in [-0.2, 0) is 0 Å². The minimum atomic E-state index is -0.498. The van der Waals surface area contributed by atoms with E-state index in [1.54, 1.807) is 6.92 Å². The van der Waals surface area contributed by atoms with Gasteiger partial charge >= 0.3 is 0 Å². The lowest BCUT2D eigenvalue weighted by molar-refractivity contribution is 0.184. The van der Waals surface area contributed by atoms with Crippen molar-refractivity contribution in [3.8, 4) is 5.75 Å². The molecule has 0 bridgehead atoms. The van der Waals surface area contributed by atoms with Crippen LogP contribution in [0.15, 0.2) is 18.2 Å². The van der Waals surface area contributed by atoms with E-state index in [2.05, 4.69) is 15.9 Å². The molecule has 14 heavy (non-hydrogen) atoms. The lowest BCUT2D eigenvalue weighted by Crippen LogP contribution is -2.04. The standard InChI is InChI=1S/C10H12BrFO2/c1-6(13)4-9(11)8-5-7(12)2-3-10(8)14/h2-3,5-6,9,13-14H,4H2,1H3. The van der Waals surface area contributed by atoms with Gasteiger partial charge in [0.05, 0.1) is 6.10 Å². The van der Waals surface area contributed by atoms with E-state index in [0.29, 0.717) is 12.0 Å². The molecule has 2 nitrogen and oxygen atoms in total. The van der Waals surface area contributed by atoms with E-state index in [1.165, 1.54) is 18.2 Å². The number of hydrogen-bond acceptors (Lipinski definition) is 2. The monoisotopic (exact) mass is 262 g/mol. The molecule has 0 saturated carbocycles. The summed E-state index contributed by atoms with van der Waals surface area (Å²) in [5.74, 6) is -0.359. The van der Waals surface area contributed by atoms with Crippen molar-refractivity contribution < 1.29 is 14.6 Å². The molecule has 1 rings (SSSR count). The van der Waals surface area contributed by atoms with Crippen molar-refractivity contribution in [3.63, 3.8) is 0 Å². The second kappa shape index (κ2) is 4.75. The zero-order valence-electron chi connectivity index (χ0n) is 7.74. The number of rotatable bonds is 3. The Bertz CT molecular complexity index is 315. The number of alkyl halides is 1. The van der Waals surface area contributed by atoms with E-state index in [4.69, 9.17) is 5.11 Å². The molecule has 2 N–H and O–H groups in total. The maximum atomic E-state index is 12.9. The Labute approximate surface area is 90.5 Å². The van der Waals surface area contributed by atoms with Crippen molar-refractivity contribution >= 4 is 15.9 Å². The molecule has 0 amide bonds. The number of benzene rings is 1. The Morgan fingerprint density at radius 1 is 1.50 bits per heavy atom. The molecular weight excluding hydrogens is 251 g/mol. The molecule has 0 heterocycles. The van der Waals surface area contributed by atoms with Crippen LogP contribution in [0.1, 0.15) is 23.7 Å². The third kappa shape index (κ3) is 2.96. The van der Waals surface area contributed by atoms with Crippen LogP contribution < -0.4 is 0 Å². The second-order valence-electron chi connectivity index (χ2n) is 3.26. The van der Waals surface area contributed by atoms with Crippen molar-refractivity contribution in [2.45, 2.75) is 24.3 Å². The Hall–Kier alpha value is -0.610. The number of aromatic hydroxyl groups is 1. The van der Waals surface area contributed by atoms with E-state index < -0.39 is 11.9 Å². The molecule has 1 aromatic rings. The van der Waals surface area contributed by atoms with Crippen LogP contribution in [0.4, 0.5) is 4.39 Å². The van der Waals surface area contributed by atoms with E-state index in [0.717, 1.165) is 0 Å². The summed E-state index contributed by atoms with van der Waals surface area (Å²) in [6.45, 7) is 1.64. The van der Waals surface area contributed by atoms with E-state index in [9.17, 15) is 9.50 Å². The molecule has 2 atom stereocenters. The van der Waals surface area contributed by atoms with E-state index in [-0.39, 0.29) is 10.6 Å². The van der Waals surface area contributed by atoms with Gasteiger partial charge < -0.3 is 10.2 Å². The van der Waals surface area contributed by atoms with E-state index >= 15 is 0 Å². The maximum Gasteiger partial charge on any atom is 0.123 e. The first kappa shape index (κ1) is 11.5. The molecule has 2 unspecified atom stereocenters. The Balaban J connectivity index is 2.88. The van der Waals surface area contributed by atoms with Crippen LogP contribution in [0, 0.1) is 5.82 Å². The van der Waals surface area contributed by atoms with Gasteiger partial charge in [-0.25, -0.2) is 4.39 Å². The third-order valence-electron chi connectivity index (χ3n) is 1.88. The summed E-state index contributed by atoms with van der Waals surface area (Å²) in [4.78, 5) is -0.238. The molecular formula is C10H12BrFO2. The summed E-state index contributed by atoms with van der Waals surface area (Å²) in [7, 11) is 0. The molecule has 0 aliphatic carbocycles. The van der Waals surface area contributed by atoms with Crippen molar-refractivity contribution in [1.82, 2.24) is 0 Å². The molecule has 0 aliphatic heterocycles. The zero-order valence-corrected chi connectivity index (χ0v) is 9.33. The second-order valence-corrected chi connectivity index (χ2v) is 4.36. The highest BCUT2D eigenvalue weighted by Gasteiger charge is 2.14. The Kier molecular flexibility index (Phi) is 3.89.